The highest BCUT2D eigenvalue weighted by molar-refractivity contribution is 6.32. The molecule has 0 spiro atoms. The Balaban J connectivity index is 2.34. The highest BCUT2D eigenvalue weighted by Crippen LogP contribution is 2.31. The van der Waals surface area contributed by atoms with Gasteiger partial charge in [0.2, 0.25) is 0 Å². The number of nitrogen functional groups attached to an aromatic ring is 1. The van der Waals surface area contributed by atoms with Gasteiger partial charge in [-0.3, -0.25) is 5.10 Å². The monoisotopic (exact) mass is 275 g/mol. The smallest absolute Gasteiger partial charge is 0.186 e. The number of rotatable bonds is 2. The fourth-order valence-electron chi connectivity index (χ4n) is 2.15. The van der Waals surface area contributed by atoms with E-state index in [0.29, 0.717) is 16.5 Å². The van der Waals surface area contributed by atoms with E-state index in [1.54, 1.807) is 4.68 Å². The lowest BCUT2D eigenvalue weighted by Crippen LogP contribution is -2.00. The molecule has 2 aromatic heterocycles. The van der Waals surface area contributed by atoms with Crippen LogP contribution in [0.2, 0.25) is 5.02 Å². The van der Waals surface area contributed by atoms with E-state index >= 15 is 0 Å². The lowest BCUT2D eigenvalue weighted by molar-refractivity contribution is 0.772. The maximum Gasteiger partial charge on any atom is 0.186 e. The number of H-pyrrole nitrogens is 1. The van der Waals surface area contributed by atoms with E-state index in [-0.39, 0.29) is 5.92 Å². The minimum absolute atomic E-state index is 0.256. The first kappa shape index (κ1) is 12.0. The second kappa shape index (κ2) is 4.28. The van der Waals surface area contributed by atoms with Crippen LogP contribution in [-0.2, 0) is 0 Å². The zero-order chi connectivity index (χ0) is 13.6. The summed E-state index contributed by atoms with van der Waals surface area (Å²) >= 11 is 6.22. The molecule has 0 saturated carbocycles. The van der Waals surface area contributed by atoms with Crippen molar-refractivity contribution in [2.24, 2.45) is 0 Å². The third kappa shape index (κ3) is 1.77. The number of nitrogens with two attached hydrogens (primary N) is 1. The zero-order valence-electron chi connectivity index (χ0n) is 10.7. The Morgan fingerprint density at radius 3 is 2.74 bits per heavy atom. The minimum Gasteiger partial charge on any atom is -0.383 e. The average Bonchev–Trinajstić information content (AvgIpc) is 2.92. The van der Waals surface area contributed by atoms with E-state index < -0.39 is 0 Å². The Hall–Kier alpha value is -2.01. The topological polar surface area (TPSA) is 72.5 Å². The van der Waals surface area contributed by atoms with Crippen molar-refractivity contribution in [3.8, 4) is 5.69 Å². The molecule has 0 aliphatic heterocycles. The van der Waals surface area contributed by atoms with Gasteiger partial charge in [-0.25, -0.2) is 4.68 Å². The number of hydrogen-bond acceptors (Lipinski definition) is 3. The number of benzene rings is 1. The number of hydrogen-bond donors (Lipinski definition) is 2. The lowest BCUT2D eigenvalue weighted by atomic mass is 10.1. The molecule has 0 atom stereocenters. The molecule has 0 amide bonds. The molecule has 3 N–H and O–H groups in total. The number of aromatic nitrogens is 4. The Bertz CT molecular complexity index is 741. The zero-order valence-corrected chi connectivity index (χ0v) is 11.4. The van der Waals surface area contributed by atoms with E-state index in [1.165, 1.54) is 0 Å². The molecule has 0 aliphatic carbocycles. The second-order valence-electron chi connectivity index (χ2n) is 4.74. The summed E-state index contributed by atoms with van der Waals surface area (Å²) in [6.07, 6.45) is 0. The minimum atomic E-state index is 0.256. The quantitative estimate of drug-likeness (QED) is 0.755. The number of halogens is 1. The molecule has 0 bridgehead atoms. The van der Waals surface area contributed by atoms with E-state index in [2.05, 4.69) is 29.1 Å². The first-order valence-corrected chi connectivity index (χ1v) is 6.44. The van der Waals surface area contributed by atoms with Crippen LogP contribution in [0.25, 0.3) is 16.7 Å². The van der Waals surface area contributed by atoms with E-state index in [4.69, 9.17) is 17.3 Å². The first-order valence-electron chi connectivity index (χ1n) is 6.07. The van der Waals surface area contributed by atoms with Crippen LogP contribution in [-0.4, -0.2) is 20.0 Å². The van der Waals surface area contributed by atoms with Crippen LogP contribution in [0.15, 0.2) is 24.3 Å². The average molecular weight is 276 g/mol. The number of aromatic amines is 1. The van der Waals surface area contributed by atoms with Crippen molar-refractivity contribution in [3.63, 3.8) is 0 Å². The molecule has 2 heterocycles. The van der Waals surface area contributed by atoms with E-state index in [0.717, 1.165) is 16.8 Å². The fourth-order valence-corrected chi connectivity index (χ4v) is 2.37. The van der Waals surface area contributed by atoms with Gasteiger partial charge in [-0.15, -0.1) is 0 Å². The van der Waals surface area contributed by atoms with Crippen molar-refractivity contribution in [3.05, 3.63) is 35.0 Å². The van der Waals surface area contributed by atoms with Gasteiger partial charge < -0.3 is 5.73 Å². The molecule has 98 valence electrons. The van der Waals surface area contributed by atoms with Gasteiger partial charge in [0.05, 0.1) is 21.8 Å². The predicted molar refractivity (Wildman–Crippen MR) is 76.7 cm³/mol. The largest absolute Gasteiger partial charge is 0.383 e. The van der Waals surface area contributed by atoms with Gasteiger partial charge in [-0.05, 0) is 18.1 Å². The van der Waals surface area contributed by atoms with Crippen molar-refractivity contribution in [1.29, 1.82) is 0 Å². The Kier molecular flexibility index (Phi) is 2.71. The Morgan fingerprint density at radius 1 is 1.32 bits per heavy atom. The second-order valence-corrected chi connectivity index (χ2v) is 5.15. The summed E-state index contributed by atoms with van der Waals surface area (Å²) < 4.78 is 1.74. The molecule has 0 radical (unpaired) electrons. The van der Waals surface area contributed by atoms with Crippen molar-refractivity contribution in [2.45, 2.75) is 19.8 Å². The van der Waals surface area contributed by atoms with Gasteiger partial charge in [0.15, 0.2) is 5.65 Å². The van der Waals surface area contributed by atoms with Crippen LogP contribution in [0.5, 0.6) is 0 Å². The maximum absolute atomic E-state index is 6.22. The van der Waals surface area contributed by atoms with Gasteiger partial charge in [0, 0.05) is 0 Å². The van der Waals surface area contributed by atoms with Gasteiger partial charge in [0.25, 0.3) is 0 Å². The Labute approximate surface area is 115 Å². The SMILES string of the molecule is CC(C)c1nn(-c2ccccc2Cl)c2n[nH]c(N)c12. The van der Waals surface area contributed by atoms with Gasteiger partial charge >= 0.3 is 0 Å². The van der Waals surface area contributed by atoms with Crippen molar-refractivity contribution in [1.82, 2.24) is 20.0 Å². The molecule has 6 heteroatoms. The Morgan fingerprint density at radius 2 is 2.05 bits per heavy atom. The first-order chi connectivity index (χ1) is 9.09. The summed E-state index contributed by atoms with van der Waals surface area (Å²) in [7, 11) is 0. The summed E-state index contributed by atoms with van der Waals surface area (Å²) in [5, 5.41) is 13.1. The molecule has 19 heavy (non-hydrogen) atoms. The van der Waals surface area contributed by atoms with Crippen LogP contribution in [0.4, 0.5) is 5.82 Å². The van der Waals surface area contributed by atoms with E-state index in [1.807, 2.05) is 24.3 Å². The number of fused-ring (bicyclic) bond motifs is 1. The molecule has 0 aliphatic rings. The third-order valence-electron chi connectivity index (χ3n) is 3.07. The molecule has 0 saturated heterocycles. The van der Waals surface area contributed by atoms with Crippen LogP contribution in [0, 0.1) is 0 Å². The van der Waals surface area contributed by atoms with Crippen molar-refractivity contribution in [2.75, 3.05) is 5.73 Å². The van der Waals surface area contributed by atoms with Crippen LogP contribution in [0.1, 0.15) is 25.5 Å². The standard InChI is InChI=1S/C13H14ClN5/c1-7(2)11-10-12(15)16-17-13(10)19(18-11)9-6-4-3-5-8(9)14/h3-7H,1-2H3,(H3,15,16,17). The summed E-state index contributed by atoms with van der Waals surface area (Å²) in [6, 6.07) is 7.54. The molecule has 5 nitrogen and oxygen atoms in total. The maximum atomic E-state index is 6.22. The van der Waals surface area contributed by atoms with Crippen molar-refractivity contribution >= 4 is 28.5 Å². The fraction of sp³-hybridized carbons (Fsp3) is 0.231. The number of anilines is 1. The molecular formula is C13H14ClN5. The molecule has 3 aromatic rings. The summed E-state index contributed by atoms with van der Waals surface area (Å²) in [5.41, 5.74) is 8.36. The number of para-hydroxylation sites is 1. The number of nitrogens with one attached hydrogen (secondary N) is 1. The lowest BCUT2D eigenvalue weighted by Gasteiger charge is -2.04. The third-order valence-corrected chi connectivity index (χ3v) is 3.39. The molecule has 0 unspecified atom stereocenters. The summed E-state index contributed by atoms with van der Waals surface area (Å²) in [5.74, 6) is 0.795. The van der Waals surface area contributed by atoms with Gasteiger partial charge in [-0.1, -0.05) is 37.6 Å². The number of nitrogens with zero attached hydrogens (tertiary/aromatic N) is 3. The summed E-state index contributed by atoms with van der Waals surface area (Å²) in [4.78, 5) is 0. The van der Waals surface area contributed by atoms with E-state index in [9.17, 15) is 0 Å². The van der Waals surface area contributed by atoms with Gasteiger partial charge in [0.1, 0.15) is 5.82 Å². The molecule has 0 fully saturated rings. The highest BCUT2D eigenvalue weighted by atomic mass is 35.5. The van der Waals surface area contributed by atoms with Crippen molar-refractivity contribution < 1.29 is 0 Å². The predicted octanol–water partition coefficient (Wildman–Crippen LogP) is 3.11. The molecule has 1 aromatic carbocycles. The van der Waals surface area contributed by atoms with Crippen LogP contribution >= 0.6 is 11.6 Å². The van der Waals surface area contributed by atoms with Gasteiger partial charge in [-0.2, -0.15) is 10.2 Å². The molecular weight excluding hydrogens is 262 g/mol. The van der Waals surface area contributed by atoms with Crippen LogP contribution in [0.3, 0.4) is 0 Å². The summed E-state index contributed by atoms with van der Waals surface area (Å²) in [6.45, 7) is 4.15. The molecule has 3 rings (SSSR count). The van der Waals surface area contributed by atoms with Crippen LogP contribution < -0.4 is 5.73 Å². The highest BCUT2D eigenvalue weighted by Gasteiger charge is 2.20. The normalized spacial score (nSPS) is 11.6.